The van der Waals surface area contributed by atoms with Crippen molar-refractivity contribution < 1.29 is 4.79 Å². The molecule has 1 amide bonds. The lowest BCUT2D eigenvalue weighted by atomic mass is 10.2. The zero-order valence-electron chi connectivity index (χ0n) is 12.3. The molecule has 0 fully saturated rings. The Kier molecular flexibility index (Phi) is 4.69. The van der Waals surface area contributed by atoms with E-state index in [0.29, 0.717) is 6.54 Å². The van der Waals surface area contributed by atoms with Crippen molar-refractivity contribution in [3.63, 3.8) is 0 Å². The number of likely N-dealkylation sites (N-methyl/N-ethyl adjacent to an activating group) is 1. The largest absolute Gasteiger partial charge is 0.345 e. The number of nitrogens with one attached hydrogen (secondary N) is 1. The van der Waals surface area contributed by atoms with Gasteiger partial charge >= 0.3 is 0 Å². The number of benzene rings is 1. The fourth-order valence-corrected chi connectivity index (χ4v) is 2.04. The number of hydrogen-bond donors (Lipinski definition) is 1. The SMILES string of the molecule is CCN(C)C(=O)C(C)NCc1ccc2ccccc2n1. The molecule has 0 bridgehead atoms. The Morgan fingerprint density at radius 1 is 1.30 bits per heavy atom. The molecule has 1 atom stereocenters. The summed E-state index contributed by atoms with van der Waals surface area (Å²) in [4.78, 5) is 18.2. The topological polar surface area (TPSA) is 45.2 Å². The maximum absolute atomic E-state index is 12.0. The summed E-state index contributed by atoms with van der Waals surface area (Å²) >= 11 is 0. The molecule has 4 nitrogen and oxygen atoms in total. The van der Waals surface area contributed by atoms with Crippen LogP contribution in [-0.2, 0) is 11.3 Å². The highest BCUT2D eigenvalue weighted by atomic mass is 16.2. The highest BCUT2D eigenvalue weighted by Crippen LogP contribution is 2.11. The number of fused-ring (bicyclic) bond motifs is 1. The molecule has 2 aromatic rings. The number of amides is 1. The van der Waals surface area contributed by atoms with E-state index in [4.69, 9.17) is 0 Å². The van der Waals surface area contributed by atoms with Crippen LogP contribution in [-0.4, -0.2) is 35.4 Å². The zero-order valence-corrected chi connectivity index (χ0v) is 12.3. The van der Waals surface area contributed by atoms with Crippen LogP contribution in [0.2, 0.25) is 0 Å². The molecule has 0 saturated heterocycles. The summed E-state index contributed by atoms with van der Waals surface area (Å²) in [5, 5.41) is 4.36. The minimum Gasteiger partial charge on any atom is -0.345 e. The molecule has 1 aromatic carbocycles. The Labute approximate surface area is 119 Å². The van der Waals surface area contributed by atoms with Crippen molar-refractivity contribution in [2.24, 2.45) is 0 Å². The van der Waals surface area contributed by atoms with Gasteiger partial charge in [-0.05, 0) is 26.0 Å². The van der Waals surface area contributed by atoms with Crippen molar-refractivity contribution in [1.82, 2.24) is 15.2 Å². The Balaban J connectivity index is 2.00. The van der Waals surface area contributed by atoms with Crippen LogP contribution in [0.15, 0.2) is 36.4 Å². The third-order valence-electron chi connectivity index (χ3n) is 3.47. The van der Waals surface area contributed by atoms with Gasteiger partial charge in [0.1, 0.15) is 0 Å². The smallest absolute Gasteiger partial charge is 0.239 e. The number of hydrogen-bond acceptors (Lipinski definition) is 3. The van der Waals surface area contributed by atoms with E-state index in [1.807, 2.05) is 51.2 Å². The molecule has 0 saturated carbocycles. The molecule has 0 aliphatic heterocycles. The van der Waals surface area contributed by atoms with Gasteiger partial charge in [-0.1, -0.05) is 24.3 Å². The number of carbonyl (C=O) groups excluding carboxylic acids is 1. The van der Waals surface area contributed by atoms with Crippen molar-refractivity contribution in [1.29, 1.82) is 0 Å². The number of carbonyl (C=O) groups is 1. The molecule has 2 rings (SSSR count). The van der Waals surface area contributed by atoms with E-state index in [2.05, 4.69) is 16.4 Å². The second-order valence-corrected chi connectivity index (χ2v) is 4.95. The molecule has 0 spiro atoms. The molecule has 0 radical (unpaired) electrons. The molecule has 1 heterocycles. The second kappa shape index (κ2) is 6.48. The highest BCUT2D eigenvalue weighted by molar-refractivity contribution is 5.81. The summed E-state index contributed by atoms with van der Waals surface area (Å²) in [6, 6.07) is 11.9. The third-order valence-corrected chi connectivity index (χ3v) is 3.47. The first-order valence-electron chi connectivity index (χ1n) is 6.95. The molecular weight excluding hydrogens is 250 g/mol. The second-order valence-electron chi connectivity index (χ2n) is 4.95. The van der Waals surface area contributed by atoms with Gasteiger partial charge in [0.25, 0.3) is 0 Å². The molecule has 0 aliphatic rings. The van der Waals surface area contributed by atoms with E-state index in [0.717, 1.165) is 23.1 Å². The summed E-state index contributed by atoms with van der Waals surface area (Å²) in [5.41, 5.74) is 1.93. The number of pyridine rings is 1. The number of aromatic nitrogens is 1. The van der Waals surface area contributed by atoms with E-state index in [9.17, 15) is 4.79 Å². The maximum Gasteiger partial charge on any atom is 0.239 e. The van der Waals surface area contributed by atoms with Crippen LogP contribution >= 0.6 is 0 Å². The monoisotopic (exact) mass is 271 g/mol. The van der Waals surface area contributed by atoms with Crippen LogP contribution < -0.4 is 5.32 Å². The average Bonchev–Trinajstić information content (AvgIpc) is 2.50. The Bertz CT molecular complexity index is 597. The summed E-state index contributed by atoms with van der Waals surface area (Å²) in [6.45, 7) is 5.17. The summed E-state index contributed by atoms with van der Waals surface area (Å²) in [7, 11) is 1.81. The molecule has 106 valence electrons. The minimum absolute atomic E-state index is 0.105. The zero-order chi connectivity index (χ0) is 14.5. The van der Waals surface area contributed by atoms with Crippen molar-refractivity contribution in [3.8, 4) is 0 Å². The molecule has 4 heteroatoms. The van der Waals surface area contributed by atoms with Crippen molar-refractivity contribution in [2.75, 3.05) is 13.6 Å². The van der Waals surface area contributed by atoms with E-state index in [-0.39, 0.29) is 11.9 Å². The Morgan fingerprint density at radius 2 is 2.05 bits per heavy atom. The quantitative estimate of drug-likeness (QED) is 0.906. The fourth-order valence-electron chi connectivity index (χ4n) is 2.04. The first-order valence-corrected chi connectivity index (χ1v) is 6.95. The van der Waals surface area contributed by atoms with Crippen molar-refractivity contribution in [3.05, 3.63) is 42.1 Å². The predicted octanol–water partition coefficient (Wildman–Crippen LogP) is 2.19. The summed E-state index contributed by atoms with van der Waals surface area (Å²) < 4.78 is 0. The van der Waals surface area contributed by atoms with Crippen LogP contribution in [0.1, 0.15) is 19.5 Å². The molecule has 1 N–H and O–H groups in total. The lowest BCUT2D eigenvalue weighted by Gasteiger charge is -2.20. The van der Waals surface area contributed by atoms with Gasteiger partial charge in [0.05, 0.1) is 17.3 Å². The van der Waals surface area contributed by atoms with Crippen molar-refractivity contribution >= 4 is 16.8 Å². The standard InChI is InChI=1S/C16H21N3O/c1-4-19(3)16(20)12(2)17-11-14-10-9-13-7-5-6-8-15(13)18-14/h5-10,12,17H,4,11H2,1-3H3. The molecule has 1 unspecified atom stereocenters. The number of para-hydroxylation sites is 1. The van der Waals surface area contributed by atoms with Crippen molar-refractivity contribution in [2.45, 2.75) is 26.4 Å². The number of nitrogens with zero attached hydrogens (tertiary/aromatic N) is 2. The van der Waals surface area contributed by atoms with E-state index >= 15 is 0 Å². The van der Waals surface area contributed by atoms with Gasteiger partial charge in [0, 0.05) is 25.5 Å². The highest BCUT2D eigenvalue weighted by Gasteiger charge is 2.15. The van der Waals surface area contributed by atoms with Crippen LogP contribution in [0, 0.1) is 0 Å². The Morgan fingerprint density at radius 3 is 2.80 bits per heavy atom. The first-order chi connectivity index (χ1) is 9.61. The molecule has 0 aliphatic carbocycles. The molecule has 20 heavy (non-hydrogen) atoms. The first kappa shape index (κ1) is 14.5. The van der Waals surface area contributed by atoms with Gasteiger partial charge in [-0.3, -0.25) is 9.78 Å². The Hall–Kier alpha value is -1.94. The lowest BCUT2D eigenvalue weighted by Crippen LogP contribution is -2.42. The van der Waals surface area contributed by atoms with Crippen LogP contribution in [0.3, 0.4) is 0 Å². The normalized spacial score (nSPS) is 12.3. The number of rotatable bonds is 5. The van der Waals surface area contributed by atoms with Gasteiger partial charge < -0.3 is 10.2 Å². The van der Waals surface area contributed by atoms with Gasteiger partial charge in [0.15, 0.2) is 0 Å². The van der Waals surface area contributed by atoms with Crippen LogP contribution in [0.25, 0.3) is 10.9 Å². The van der Waals surface area contributed by atoms with Gasteiger partial charge in [-0.2, -0.15) is 0 Å². The summed E-state index contributed by atoms with van der Waals surface area (Å²) in [5.74, 6) is 0.105. The van der Waals surface area contributed by atoms with Gasteiger partial charge in [-0.15, -0.1) is 0 Å². The minimum atomic E-state index is -0.201. The molecule has 1 aromatic heterocycles. The molecular formula is C16H21N3O. The fraction of sp³-hybridized carbons (Fsp3) is 0.375. The third kappa shape index (κ3) is 3.33. The van der Waals surface area contributed by atoms with Crippen LogP contribution in [0.4, 0.5) is 0 Å². The maximum atomic E-state index is 12.0. The summed E-state index contributed by atoms with van der Waals surface area (Å²) in [6.07, 6.45) is 0. The van der Waals surface area contributed by atoms with E-state index in [1.165, 1.54) is 0 Å². The van der Waals surface area contributed by atoms with Crippen LogP contribution in [0.5, 0.6) is 0 Å². The van der Waals surface area contributed by atoms with Gasteiger partial charge in [-0.25, -0.2) is 0 Å². The average molecular weight is 271 g/mol. The lowest BCUT2D eigenvalue weighted by molar-refractivity contribution is -0.131. The van der Waals surface area contributed by atoms with E-state index in [1.54, 1.807) is 4.90 Å². The van der Waals surface area contributed by atoms with E-state index < -0.39 is 0 Å². The predicted molar refractivity (Wildman–Crippen MR) is 81.4 cm³/mol. The van der Waals surface area contributed by atoms with Gasteiger partial charge in [0.2, 0.25) is 5.91 Å².